The summed E-state index contributed by atoms with van der Waals surface area (Å²) in [5.41, 5.74) is 0. The van der Waals surface area contributed by atoms with Crippen molar-refractivity contribution in [1.29, 1.82) is 0 Å². The Morgan fingerprint density at radius 3 is 2.40 bits per heavy atom. The number of hydrogen-bond donors (Lipinski definition) is 0. The van der Waals surface area contributed by atoms with Gasteiger partial charge < -0.3 is 4.74 Å². The van der Waals surface area contributed by atoms with Crippen molar-refractivity contribution in [2.45, 2.75) is 46.6 Å². The van der Waals surface area contributed by atoms with Gasteiger partial charge in [0.25, 0.3) is 0 Å². The summed E-state index contributed by atoms with van der Waals surface area (Å²) in [6.45, 7) is 9.43. The lowest BCUT2D eigenvalue weighted by Gasteiger charge is -2.10. The van der Waals surface area contributed by atoms with Gasteiger partial charge in [0, 0.05) is 6.61 Å². The average Bonchev–Trinajstić information content (AvgIpc) is 1.87. The third-order valence-electron chi connectivity index (χ3n) is 1.58. The van der Waals surface area contributed by atoms with E-state index in [1.54, 1.807) is 0 Å². The van der Waals surface area contributed by atoms with E-state index in [9.17, 15) is 0 Å². The Hall–Kier alpha value is -0.0400. The van der Waals surface area contributed by atoms with Crippen LogP contribution in [0.1, 0.15) is 40.5 Å². The highest BCUT2D eigenvalue weighted by atomic mass is 16.5. The van der Waals surface area contributed by atoms with E-state index in [1.165, 1.54) is 5.92 Å². The van der Waals surface area contributed by atoms with Gasteiger partial charge in [-0.25, -0.2) is 0 Å². The second-order valence-electron chi connectivity index (χ2n) is 3.05. The summed E-state index contributed by atoms with van der Waals surface area (Å²) >= 11 is 0. The van der Waals surface area contributed by atoms with E-state index in [0.29, 0.717) is 6.10 Å². The maximum absolute atomic E-state index is 5.48. The zero-order chi connectivity index (χ0) is 7.98. The van der Waals surface area contributed by atoms with Crippen molar-refractivity contribution in [2.24, 2.45) is 0 Å². The van der Waals surface area contributed by atoms with Crippen LogP contribution in [0.25, 0.3) is 0 Å². The molecule has 0 saturated carbocycles. The summed E-state index contributed by atoms with van der Waals surface area (Å²) in [7, 11) is 0. The van der Waals surface area contributed by atoms with Crippen molar-refractivity contribution in [2.75, 3.05) is 6.61 Å². The molecule has 0 aliphatic carbocycles. The van der Waals surface area contributed by atoms with Crippen LogP contribution in [0.4, 0.5) is 0 Å². The van der Waals surface area contributed by atoms with Crippen molar-refractivity contribution in [3.8, 4) is 0 Å². The molecule has 0 aromatic heterocycles. The molecule has 0 saturated heterocycles. The summed E-state index contributed by atoms with van der Waals surface area (Å²) in [4.78, 5) is 0. The fraction of sp³-hybridized carbons (Fsp3) is 0.889. The molecule has 0 aromatic carbocycles. The summed E-state index contributed by atoms with van der Waals surface area (Å²) in [6, 6.07) is 0. The smallest absolute Gasteiger partial charge is 0.0544 e. The third-order valence-corrected chi connectivity index (χ3v) is 1.58. The molecule has 0 amide bonds. The van der Waals surface area contributed by atoms with Crippen LogP contribution in [-0.4, -0.2) is 12.7 Å². The Kier molecular flexibility index (Phi) is 5.70. The molecule has 0 aromatic rings. The second-order valence-corrected chi connectivity index (χ2v) is 3.05. The van der Waals surface area contributed by atoms with E-state index in [0.717, 1.165) is 19.4 Å². The minimum Gasteiger partial charge on any atom is -0.378 e. The van der Waals surface area contributed by atoms with Crippen LogP contribution < -0.4 is 0 Å². The van der Waals surface area contributed by atoms with Gasteiger partial charge in [0.05, 0.1) is 6.10 Å². The molecule has 0 bridgehead atoms. The highest BCUT2D eigenvalue weighted by molar-refractivity contribution is 4.75. The van der Waals surface area contributed by atoms with Crippen LogP contribution in [0, 0.1) is 5.92 Å². The predicted molar refractivity (Wildman–Crippen MR) is 44.9 cm³/mol. The quantitative estimate of drug-likeness (QED) is 0.575. The highest BCUT2D eigenvalue weighted by Crippen LogP contribution is 2.04. The first-order valence-corrected chi connectivity index (χ1v) is 4.07. The Bertz CT molecular complexity index is 69.1. The van der Waals surface area contributed by atoms with Crippen LogP contribution >= 0.6 is 0 Å². The van der Waals surface area contributed by atoms with Crippen LogP contribution in [-0.2, 0) is 4.74 Å². The second kappa shape index (κ2) is 5.72. The molecule has 0 heterocycles. The lowest BCUT2D eigenvalue weighted by molar-refractivity contribution is 0.0638. The van der Waals surface area contributed by atoms with Crippen molar-refractivity contribution >= 4 is 0 Å². The van der Waals surface area contributed by atoms with E-state index in [2.05, 4.69) is 27.7 Å². The zero-order valence-electron chi connectivity index (χ0n) is 7.61. The van der Waals surface area contributed by atoms with Gasteiger partial charge in [-0.3, -0.25) is 0 Å². The molecule has 0 rings (SSSR count). The lowest BCUT2D eigenvalue weighted by atomic mass is 10.1. The van der Waals surface area contributed by atoms with E-state index in [-0.39, 0.29) is 0 Å². The molecule has 1 heteroatoms. The molecule has 1 atom stereocenters. The molecule has 0 aliphatic rings. The standard InChI is InChI=1S/C9H19O/c1-5-9(4)10-7-6-8(2)3/h9H,5-7H2,1-4H3. The molecular formula is C9H19O. The van der Waals surface area contributed by atoms with Crippen LogP contribution in [0.3, 0.4) is 0 Å². The number of ether oxygens (including phenoxy) is 1. The van der Waals surface area contributed by atoms with Crippen molar-refractivity contribution in [3.63, 3.8) is 0 Å². The minimum absolute atomic E-state index is 0.430. The predicted octanol–water partition coefficient (Wildman–Crippen LogP) is 2.81. The lowest BCUT2D eigenvalue weighted by Crippen LogP contribution is -2.08. The molecule has 0 fully saturated rings. The summed E-state index contributed by atoms with van der Waals surface area (Å²) < 4.78 is 5.48. The van der Waals surface area contributed by atoms with Crippen molar-refractivity contribution < 1.29 is 4.74 Å². The van der Waals surface area contributed by atoms with Gasteiger partial charge in [-0.2, -0.15) is 0 Å². The average molecular weight is 143 g/mol. The maximum Gasteiger partial charge on any atom is 0.0544 e. The van der Waals surface area contributed by atoms with Gasteiger partial charge in [-0.05, 0) is 25.7 Å². The largest absolute Gasteiger partial charge is 0.378 e. The topological polar surface area (TPSA) is 9.23 Å². The first-order chi connectivity index (χ1) is 4.66. The minimum atomic E-state index is 0.430. The van der Waals surface area contributed by atoms with Gasteiger partial charge >= 0.3 is 0 Å². The number of rotatable bonds is 5. The van der Waals surface area contributed by atoms with Gasteiger partial charge in [0.15, 0.2) is 0 Å². The molecule has 0 spiro atoms. The molecule has 1 radical (unpaired) electrons. The summed E-state index contributed by atoms with van der Waals surface area (Å²) in [6.07, 6.45) is 2.65. The molecule has 0 aliphatic heterocycles. The Labute approximate surface area is 64.8 Å². The first-order valence-electron chi connectivity index (χ1n) is 4.07. The van der Waals surface area contributed by atoms with E-state index < -0.39 is 0 Å². The fourth-order valence-corrected chi connectivity index (χ4v) is 0.582. The van der Waals surface area contributed by atoms with Gasteiger partial charge in [0.2, 0.25) is 0 Å². The van der Waals surface area contributed by atoms with Gasteiger partial charge in [-0.1, -0.05) is 20.8 Å². The Morgan fingerprint density at radius 2 is 2.00 bits per heavy atom. The normalized spacial score (nSPS) is 14.1. The monoisotopic (exact) mass is 143 g/mol. The fourth-order valence-electron chi connectivity index (χ4n) is 0.582. The molecule has 1 unspecified atom stereocenters. The van der Waals surface area contributed by atoms with E-state index in [4.69, 9.17) is 4.74 Å². The van der Waals surface area contributed by atoms with E-state index >= 15 is 0 Å². The van der Waals surface area contributed by atoms with Gasteiger partial charge in [0.1, 0.15) is 0 Å². The molecule has 10 heavy (non-hydrogen) atoms. The molecule has 1 nitrogen and oxygen atoms in total. The van der Waals surface area contributed by atoms with Crippen LogP contribution in [0.15, 0.2) is 0 Å². The van der Waals surface area contributed by atoms with Crippen molar-refractivity contribution in [3.05, 3.63) is 5.92 Å². The van der Waals surface area contributed by atoms with Crippen LogP contribution in [0.5, 0.6) is 0 Å². The van der Waals surface area contributed by atoms with Gasteiger partial charge in [-0.15, -0.1) is 0 Å². The molecule has 61 valence electrons. The highest BCUT2D eigenvalue weighted by Gasteiger charge is 1.98. The van der Waals surface area contributed by atoms with Crippen molar-refractivity contribution in [1.82, 2.24) is 0 Å². The third kappa shape index (κ3) is 6.09. The van der Waals surface area contributed by atoms with E-state index in [1.807, 2.05) is 0 Å². The first kappa shape index (κ1) is 9.96. The number of hydrogen-bond acceptors (Lipinski definition) is 1. The Balaban J connectivity index is 3.03. The molecule has 0 N–H and O–H groups in total. The maximum atomic E-state index is 5.48. The Morgan fingerprint density at radius 1 is 1.40 bits per heavy atom. The summed E-state index contributed by atoms with van der Waals surface area (Å²) in [5.74, 6) is 1.45. The molecular weight excluding hydrogens is 124 g/mol. The van der Waals surface area contributed by atoms with Crippen LogP contribution in [0.2, 0.25) is 0 Å². The zero-order valence-corrected chi connectivity index (χ0v) is 7.61. The summed E-state index contributed by atoms with van der Waals surface area (Å²) in [5, 5.41) is 0. The SMILES string of the molecule is CCC(C)OCC[C](C)C.